The predicted octanol–water partition coefficient (Wildman–Crippen LogP) is 1.40. The van der Waals surface area contributed by atoms with Gasteiger partial charge in [0.25, 0.3) is 0 Å². The molecule has 4 heterocycles. The van der Waals surface area contributed by atoms with Gasteiger partial charge in [0.15, 0.2) is 5.82 Å². The summed E-state index contributed by atoms with van der Waals surface area (Å²) in [5.74, 6) is 3.52. The van der Waals surface area contributed by atoms with Gasteiger partial charge in [-0.2, -0.15) is 5.10 Å². The van der Waals surface area contributed by atoms with Crippen molar-refractivity contribution in [3.63, 3.8) is 0 Å². The molecular formula is C17H20N8. The van der Waals surface area contributed by atoms with Crippen LogP contribution in [0, 0.1) is 13.8 Å². The van der Waals surface area contributed by atoms with Crippen LogP contribution in [0.25, 0.3) is 5.82 Å². The number of nitrogens with zero attached hydrogens (tertiary/aromatic N) is 8. The van der Waals surface area contributed by atoms with E-state index in [0.717, 1.165) is 55.2 Å². The van der Waals surface area contributed by atoms with Crippen LogP contribution in [0.3, 0.4) is 0 Å². The van der Waals surface area contributed by atoms with Crippen molar-refractivity contribution in [1.29, 1.82) is 0 Å². The molecule has 0 N–H and O–H groups in total. The standard InChI is InChI=1S/C17H20N8/c1-13-10-17(22-14(2)21-13)24-8-6-23(7-9-24)15-11-16(19-12-18-15)25-5-3-4-20-25/h3-5,10-12H,6-9H2,1-2H3. The molecule has 1 fully saturated rings. The first-order valence-electron chi connectivity index (χ1n) is 8.33. The second kappa shape index (κ2) is 6.46. The molecule has 0 aromatic carbocycles. The molecule has 0 amide bonds. The summed E-state index contributed by atoms with van der Waals surface area (Å²) < 4.78 is 1.74. The zero-order valence-electron chi connectivity index (χ0n) is 14.4. The molecule has 1 saturated heterocycles. The third-order valence-corrected chi connectivity index (χ3v) is 4.26. The van der Waals surface area contributed by atoms with Crippen molar-refractivity contribution >= 4 is 11.6 Å². The van der Waals surface area contributed by atoms with E-state index in [1.807, 2.05) is 38.2 Å². The summed E-state index contributed by atoms with van der Waals surface area (Å²) in [5.41, 5.74) is 1.00. The molecular weight excluding hydrogens is 316 g/mol. The van der Waals surface area contributed by atoms with Crippen LogP contribution in [-0.2, 0) is 0 Å². The van der Waals surface area contributed by atoms with Gasteiger partial charge in [0.05, 0.1) is 0 Å². The lowest BCUT2D eigenvalue weighted by Crippen LogP contribution is -2.47. The van der Waals surface area contributed by atoms with Crippen LogP contribution in [0.5, 0.6) is 0 Å². The summed E-state index contributed by atoms with van der Waals surface area (Å²) in [4.78, 5) is 22.2. The molecule has 3 aromatic heterocycles. The van der Waals surface area contributed by atoms with E-state index >= 15 is 0 Å². The molecule has 128 valence electrons. The fourth-order valence-corrected chi connectivity index (χ4v) is 3.06. The van der Waals surface area contributed by atoms with Crippen molar-refractivity contribution in [2.24, 2.45) is 0 Å². The average molecular weight is 336 g/mol. The highest BCUT2D eigenvalue weighted by atomic mass is 15.3. The van der Waals surface area contributed by atoms with E-state index in [0.29, 0.717) is 0 Å². The van der Waals surface area contributed by atoms with Crippen molar-refractivity contribution in [3.05, 3.63) is 48.4 Å². The number of aromatic nitrogens is 6. The summed E-state index contributed by atoms with van der Waals surface area (Å²) in [6.45, 7) is 7.51. The van der Waals surface area contributed by atoms with E-state index < -0.39 is 0 Å². The van der Waals surface area contributed by atoms with Crippen LogP contribution >= 0.6 is 0 Å². The molecule has 8 nitrogen and oxygen atoms in total. The summed E-state index contributed by atoms with van der Waals surface area (Å²) in [6, 6.07) is 5.90. The molecule has 4 rings (SSSR count). The maximum atomic E-state index is 4.56. The van der Waals surface area contributed by atoms with Crippen LogP contribution in [0.1, 0.15) is 11.5 Å². The van der Waals surface area contributed by atoms with Gasteiger partial charge in [0.2, 0.25) is 0 Å². The largest absolute Gasteiger partial charge is 0.353 e. The number of anilines is 2. The van der Waals surface area contributed by atoms with E-state index in [2.05, 4.69) is 34.8 Å². The first-order valence-corrected chi connectivity index (χ1v) is 8.33. The zero-order chi connectivity index (χ0) is 17.2. The normalized spacial score (nSPS) is 14.8. The fourth-order valence-electron chi connectivity index (χ4n) is 3.06. The molecule has 0 spiro atoms. The summed E-state index contributed by atoms with van der Waals surface area (Å²) >= 11 is 0. The summed E-state index contributed by atoms with van der Waals surface area (Å²) in [6.07, 6.45) is 5.21. The van der Waals surface area contributed by atoms with Crippen molar-refractivity contribution in [2.45, 2.75) is 13.8 Å². The molecule has 0 unspecified atom stereocenters. The smallest absolute Gasteiger partial charge is 0.158 e. The van der Waals surface area contributed by atoms with Crippen molar-refractivity contribution in [1.82, 2.24) is 29.7 Å². The lowest BCUT2D eigenvalue weighted by molar-refractivity contribution is 0.638. The van der Waals surface area contributed by atoms with Gasteiger partial charge in [-0.3, -0.25) is 0 Å². The molecule has 1 aliphatic rings. The van der Waals surface area contributed by atoms with Crippen molar-refractivity contribution in [3.8, 4) is 5.82 Å². The first-order chi connectivity index (χ1) is 12.2. The summed E-state index contributed by atoms with van der Waals surface area (Å²) in [5, 5.41) is 4.23. The quantitative estimate of drug-likeness (QED) is 0.715. The van der Waals surface area contributed by atoms with Crippen LogP contribution in [-0.4, -0.2) is 55.9 Å². The van der Waals surface area contributed by atoms with Gasteiger partial charge in [-0.05, 0) is 19.9 Å². The summed E-state index contributed by atoms with van der Waals surface area (Å²) in [7, 11) is 0. The molecule has 0 aliphatic carbocycles. The van der Waals surface area contributed by atoms with Gasteiger partial charge in [0, 0.05) is 56.4 Å². The third-order valence-electron chi connectivity index (χ3n) is 4.26. The zero-order valence-corrected chi connectivity index (χ0v) is 14.4. The van der Waals surface area contributed by atoms with Gasteiger partial charge in [-0.25, -0.2) is 24.6 Å². The molecule has 25 heavy (non-hydrogen) atoms. The number of aryl methyl sites for hydroxylation is 2. The Morgan fingerprint density at radius 3 is 2.24 bits per heavy atom. The molecule has 0 atom stereocenters. The number of rotatable bonds is 3. The molecule has 1 aliphatic heterocycles. The van der Waals surface area contributed by atoms with E-state index in [9.17, 15) is 0 Å². The molecule has 8 heteroatoms. The Labute approximate surface area is 146 Å². The Balaban J connectivity index is 1.48. The number of hydrogen-bond donors (Lipinski definition) is 0. The molecule has 3 aromatic rings. The average Bonchev–Trinajstić information content (AvgIpc) is 3.16. The second-order valence-corrected chi connectivity index (χ2v) is 6.07. The Morgan fingerprint density at radius 2 is 1.56 bits per heavy atom. The van der Waals surface area contributed by atoms with Crippen LogP contribution in [0.15, 0.2) is 36.9 Å². The van der Waals surface area contributed by atoms with Crippen LogP contribution < -0.4 is 9.80 Å². The highest BCUT2D eigenvalue weighted by molar-refractivity contribution is 5.47. The first kappa shape index (κ1) is 15.5. The monoisotopic (exact) mass is 336 g/mol. The lowest BCUT2D eigenvalue weighted by atomic mass is 10.3. The van der Waals surface area contributed by atoms with Gasteiger partial charge < -0.3 is 9.80 Å². The van der Waals surface area contributed by atoms with Gasteiger partial charge in [-0.1, -0.05) is 0 Å². The van der Waals surface area contributed by atoms with E-state index in [4.69, 9.17) is 0 Å². The van der Waals surface area contributed by atoms with Crippen molar-refractivity contribution in [2.75, 3.05) is 36.0 Å². The molecule has 0 radical (unpaired) electrons. The minimum atomic E-state index is 0.777. The van der Waals surface area contributed by atoms with E-state index in [1.165, 1.54) is 0 Å². The molecule has 0 saturated carbocycles. The highest BCUT2D eigenvalue weighted by Crippen LogP contribution is 2.19. The third kappa shape index (κ3) is 3.28. The maximum absolute atomic E-state index is 4.56. The predicted molar refractivity (Wildman–Crippen MR) is 95.1 cm³/mol. The van der Waals surface area contributed by atoms with Crippen molar-refractivity contribution < 1.29 is 0 Å². The van der Waals surface area contributed by atoms with E-state index in [-0.39, 0.29) is 0 Å². The number of hydrogen-bond acceptors (Lipinski definition) is 7. The topological polar surface area (TPSA) is 75.9 Å². The SMILES string of the molecule is Cc1cc(N2CCN(c3cc(-n4cccn4)ncn3)CC2)nc(C)n1. The Morgan fingerprint density at radius 1 is 0.840 bits per heavy atom. The van der Waals surface area contributed by atoms with Crippen LogP contribution in [0.2, 0.25) is 0 Å². The fraction of sp³-hybridized carbons (Fsp3) is 0.353. The minimum Gasteiger partial charge on any atom is -0.353 e. The Hall–Kier alpha value is -3.03. The van der Waals surface area contributed by atoms with Gasteiger partial charge in [0.1, 0.15) is 23.8 Å². The Bertz CT molecular complexity index is 833. The lowest BCUT2D eigenvalue weighted by Gasteiger charge is -2.36. The van der Waals surface area contributed by atoms with Crippen LogP contribution in [0.4, 0.5) is 11.6 Å². The van der Waals surface area contributed by atoms with E-state index in [1.54, 1.807) is 17.2 Å². The maximum Gasteiger partial charge on any atom is 0.158 e. The second-order valence-electron chi connectivity index (χ2n) is 6.07. The number of piperazine rings is 1. The Kier molecular flexibility index (Phi) is 4.01. The minimum absolute atomic E-state index is 0.777. The van der Waals surface area contributed by atoms with Gasteiger partial charge in [-0.15, -0.1) is 0 Å². The van der Waals surface area contributed by atoms with Gasteiger partial charge >= 0.3 is 0 Å². The molecule has 0 bridgehead atoms. The highest BCUT2D eigenvalue weighted by Gasteiger charge is 2.20.